The van der Waals surface area contributed by atoms with Crippen LogP contribution in [-0.2, 0) is 27.1 Å². The monoisotopic (exact) mass is 1360 g/mol. The van der Waals surface area contributed by atoms with Crippen LogP contribution in [0.2, 0.25) is 0 Å². The number of anilines is 6. The molecule has 0 saturated heterocycles. The first-order chi connectivity index (χ1) is 50.2. The summed E-state index contributed by atoms with van der Waals surface area (Å²) in [5.41, 5.74) is 31.0. The molecule has 0 bridgehead atoms. The molecule has 514 valence electrons. The van der Waals surface area contributed by atoms with E-state index in [9.17, 15) is 0 Å². The van der Waals surface area contributed by atoms with Crippen molar-refractivity contribution in [2.75, 3.05) is 9.80 Å². The van der Waals surface area contributed by atoms with E-state index in [2.05, 4.69) is 378 Å². The van der Waals surface area contributed by atoms with Crippen LogP contribution in [0, 0.1) is 0 Å². The van der Waals surface area contributed by atoms with Crippen LogP contribution in [0.3, 0.4) is 0 Å². The van der Waals surface area contributed by atoms with Crippen LogP contribution in [0.25, 0.3) is 121 Å². The largest absolute Gasteiger partial charge is 0.456 e. The molecule has 105 heavy (non-hydrogen) atoms. The Morgan fingerprint density at radius 1 is 0.248 bits per heavy atom. The highest BCUT2D eigenvalue weighted by molar-refractivity contribution is 7.00. The van der Waals surface area contributed by atoms with Crippen LogP contribution in [0.5, 0.6) is 0 Å². The van der Waals surface area contributed by atoms with Crippen molar-refractivity contribution in [3.63, 3.8) is 0 Å². The number of benzene rings is 13. The summed E-state index contributed by atoms with van der Waals surface area (Å²) < 4.78 is 19.2. The van der Waals surface area contributed by atoms with Gasteiger partial charge >= 0.3 is 0 Å². The molecule has 0 fully saturated rings. The van der Waals surface area contributed by atoms with E-state index in [-0.39, 0.29) is 33.8 Å². The molecule has 0 aliphatic carbocycles. The van der Waals surface area contributed by atoms with Crippen molar-refractivity contribution in [1.29, 1.82) is 0 Å². The van der Waals surface area contributed by atoms with Crippen molar-refractivity contribution >= 4 is 145 Å². The van der Waals surface area contributed by atoms with Crippen LogP contribution in [0.4, 0.5) is 34.1 Å². The molecule has 7 heteroatoms. The Kier molecular flexibility index (Phi) is 13.9. The van der Waals surface area contributed by atoms with Gasteiger partial charge in [0.2, 0.25) is 0 Å². The summed E-state index contributed by atoms with van der Waals surface area (Å²) in [6.07, 6.45) is 0. The molecule has 19 rings (SSSR count). The minimum atomic E-state index is -0.317. The summed E-state index contributed by atoms with van der Waals surface area (Å²) >= 11 is 0. The third-order valence-corrected chi connectivity index (χ3v) is 23.1. The molecule has 2 aliphatic rings. The Morgan fingerprint density at radius 2 is 0.600 bits per heavy atom. The normalized spacial score (nSPS) is 13.6. The fourth-order valence-corrected chi connectivity index (χ4v) is 17.3. The van der Waals surface area contributed by atoms with Crippen LogP contribution in [0.15, 0.2) is 264 Å². The maximum absolute atomic E-state index is 7.06. The van der Waals surface area contributed by atoms with E-state index in [1.54, 1.807) is 0 Å². The number of furan rings is 2. The Morgan fingerprint density at radius 3 is 0.943 bits per heavy atom. The van der Waals surface area contributed by atoms with Gasteiger partial charge in [-0.05, 0) is 227 Å². The van der Waals surface area contributed by atoms with E-state index in [1.165, 1.54) is 87.8 Å². The average molecular weight is 1360 g/mol. The number of fused-ring (bicyclic) bond motifs is 16. The Bertz CT molecular complexity index is 5970. The summed E-state index contributed by atoms with van der Waals surface area (Å²) in [6.45, 7) is 34.8. The summed E-state index contributed by atoms with van der Waals surface area (Å²) in [5.74, 6) is 0. The lowest BCUT2D eigenvalue weighted by atomic mass is 9.33. The molecule has 0 spiro atoms. The number of rotatable bonds is 6. The molecule has 0 saturated carbocycles. The molecule has 0 amide bonds. The molecule has 0 atom stereocenters. The Labute approximate surface area is 615 Å². The van der Waals surface area contributed by atoms with Crippen molar-refractivity contribution in [1.82, 2.24) is 9.13 Å². The van der Waals surface area contributed by atoms with Gasteiger partial charge in [0.15, 0.2) is 0 Å². The number of hydrogen-bond acceptors (Lipinski definition) is 4. The van der Waals surface area contributed by atoms with Gasteiger partial charge in [-0.25, -0.2) is 0 Å². The van der Waals surface area contributed by atoms with Gasteiger partial charge in [0.1, 0.15) is 22.3 Å². The third-order valence-electron chi connectivity index (χ3n) is 23.1. The van der Waals surface area contributed by atoms with Crippen LogP contribution in [0.1, 0.15) is 132 Å². The van der Waals surface area contributed by atoms with Crippen LogP contribution >= 0.6 is 0 Å². The predicted molar refractivity (Wildman–Crippen MR) is 448 cm³/mol. The van der Waals surface area contributed by atoms with Gasteiger partial charge < -0.3 is 27.8 Å². The van der Waals surface area contributed by atoms with Crippen molar-refractivity contribution in [2.45, 2.75) is 131 Å². The van der Waals surface area contributed by atoms with Crippen LogP contribution in [-0.4, -0.2) is 15.8 Å². The fourth-order valence-electron chi connectivity index (χ4n) is 17.3. The first kappa shape index (κ1) is 64.6. The molecule has 6 nitrogen and oxygen atoms in total. The second-order valence-corrected chi connectivity index (χ2v) is 35.0. The van der Waals surface area contributed by atoms with Gasteiger partial charge in [-0.1, -0.05) is 225 Å². The maximum Gasteiger partial charge on any atom is 0.252 e. The Hall–Kier alpha value is -11.3. The van der Waals surface area contributed by atoms with E-state index >= 15 is 0 Å². The SMILES string of the molecule is CC(C)(C)c1cc2c3c(c1)N(c1cccc4oc5ccc(-c6ccccc6)cc5c14)c1cc(-n4c5ccc(C(C)(C)C)cc5c5cc(C(C)(C)C)ccc54)ccc1B3c1ccc(-n3c4ccc(C(C)(C)C)cc4c4cc(C(C)(C)C)ccc43)cc1N2c1cccc2oc3ccc(-c4ccccc4)cc3c12. The van der Waals surface area contributed by atoms with Gasteiger partial charge in [-0.15, -0.1) is 0 Å². The molecule has 6 heterocycles. The summed E-state index contributed by atoms with van der Waals surface area (Å²) in [6, 6.07) is 97.0. The molecule has 13 aromatic carbocycles. The highest BCUT2D eigenvalue weighted by atomic mass is 16.3. The lowest BCUT2D eigenvalue weighted by Crippen LogP contribution is -2.61. The van der Waals surface area contributed by atoms with Crippen molar-refractivity contribution in [3.05, 3.63) is 283 Å². The first-order valence-electron chi connectivity index (χ1n) is 37.5. The van der Waals surface area contributed by atoms with Gasteiger partial charge in [0.25, 0.3) is 6.71 Å². The molecule has 17 aromatic rings. The fraction of sp³-hybridized carbons (Fsp3) is 0.204. The second kappa shape index (κ2) is 22.6. The zero-order valence-corrected chi connectivity index (χ0v) is 62.9. The quantitative estimate of drug-likeness (QED) is 0.156. The third kappa shape index (κ3) is 10.1. The number of nitrogens with zero attached hydrogens (tertiary/aromatic N) is 4. The molecular weight excluding hydrogens is 1280 g/mol. The molecule has 2 aliphatic heterocycles. The van der Waals surface area contributed by atoms with Gasteiger partial charge in [0, 0.05) is 66.4 Å². The topological polar surface area (TPSA) is 42.6 Å². The lowest BCUT2D eigenvalue weighted by molar-refractivity contribution is 0.590. The molecule has 0 N–H and O–H groups in total. The van der Waals surface area contributed by atoms with Crippen LogP contribution < -0.4 is 26.2 Å². The molecule has 4 aromatic heterocycles. The smallest absolute Gasteiger partial charge is 0.252 e. The predicted octanol–water partition coefficient (Wildman–Crippen LogP) is 25.6. The zero-order chi connectivity index (χ0) is 72.3. The van der Waals surface area contributed by atoms with Crippen molar-refractivity contribution in [2.24, 2.45) is 0 Å². The minimum Gasteiger partial charge on any atom is -0.456 e. The molecular formula is C98H87BN4O2. The van der Waals surface area contributed by atoms with Crippen molar-refractivity contribution < 1.29 is 8.83 Å². The van der Waals surface area contributed by atoms with E-state index in [4.69, 9.17) is 8.83 Å². The van der Waals surface area contributed by atoms with Gasteiger partial charge in [-0.2, -0.15) is 0 Å². The summed E-state index contributed by atoms with van der Waals surface area (Å²) in [5, 5.41) is 9.29. The Balaban J connectivity index is 0.944. The summed E-state index contributed by atoms with van der Waals surface area (Å²) in [7, 11) is 0. The second-order valence-electron chi connectivity index (χ2n) is 35.0. The van der Waals surface area contributed by atoms with E-state index in [0.717, 1.165) is 112 Å². The first-order valence-corrected chi connectivity index (χ1v) is 37.5. The van der Waals surface area contributed by atoms with E-state index in [1.807, 2.05) is 0 Å². The van der Waals surface area contributed by atoms with E-state index < -0.39 is 0 Å². The highest BCUT2D eigenvalue weighted by Crippen LogP contribution is 2.53. The molecule has 0 radical (unpaired) electrons. The minimum absolute atomic E-state index is 0.0536. The van der Waals surface area contributed by atoms with Gasteiger partial charge in [0.05, 0.1) is 44.2 Å². The lowest BCUT2D eigenvalue weighted by Gasteiger charge is -2.45. The highest BCUT2D eigenvalue weighted by Gasteiger charge is 2.46. The number of aromatic nitrogens is 2. The maximum atomic E-state index is 7.06. The standard InChI is InChI=1S/C98H87BN4O2/c1-94(2,3)62-34-42-77-69(50-62)70-51-63(95(4,5)6)35-43-78(70)100(77)67-38-40-75-83(56-67)102(81-28-22-30-89-91(81)73-48-60(32-46-87(73)104-89)58-24-18-16-19-25-58)85-54-66(98(13,14)15)55-86-93(85)99(75)76-41-39-68(101-79-44-36-64(96(7,8)9)52-71(79)72-53-65(97(10,11)12)37-45-80(72)101)57-84(76)103(86)82-29-23-31-90-92(82)74-49-61(33-47-88(74)105-90)59-26-20-17-21-27-59/h16-57H,1-15H3. The van der Waals surface area contributed by atoms with Gasteiger partial charge in [-0.3, -0.25) is 0 Å². The van der Waals surface area contributed by atoms with E-state index in [0.29, 0.717) is 0 Å². The van der Waals surface area contributed by atoms with Crippen molar-refractivity contribution in [3.8, 4) is 33.6 Å². The molecule has 0 unspecified atom stereocenters. The zero-order valence-electron chi connectivity index (χ0n) is 62.9. The number of hydrogen-bond donors (Lipinski definition) is 0. The summed E-state index contributed by atoms with van der Waals surface area (Å²) in [4.78, 5) is 5.26. The average Bonchev–Trinajstić information content (AvgIpc) is 1.32.